The lowest BCUT2D eigenvalue weighted by Gasteiger charge is -2.40. The fourth-order valence-electron chi connectivity index (χ4n) is 2.72. The molecule has 1 saturated heterocycles. The third-order valence-electron chi connectivity index (χ3n) is 3.64. The SMILES string of the molecule is C[C@H](O)CN1CCN(Cc2cccc(F)c2)C[C@@H]1C. The quantitative estimate of drug-likeness (QED) is 0.899. The van der Waals surface area contributed by atoms with Crippen LogP contribution in [0.4, 0.5) is 4.39 Å². The lowest BCUT2D eigenvalue weighted by molar-refractivity contribution is 0.0422. The van der Waals surface area contributed by atoms with Crippen molar-refractivity contribution in [2.75, 3.05) is 26.2 Å². The van der Waals surface area contributed by atoms with E-state index in [9.17, 15) is 9.50 Å². The third kappa shape index (κ3) is 4.27. The van der Waals surface area contributed by atoms with E-state index in [0.717, 1.165) is 38.3 Å². The topological polar surface area (TPSA) is 26.7 Å². The molecule has 1 fully saturated rings. The number of aliphatic hydroxyl groups is 1. The molecule has 0 saturated carbocycles. The van der Waals surface area contributed by atoms with E-state index in [1.54, 1.807) is 12.1 Å². The van der Waals surface area contributed by atoms with E-state index < -0.39 is 0 Å². The smallest absolute Gasteiger partial charge is 0.123 e. The molecule has 0 bridgehead atoms. The number of rotatable bonds is 4. The van der Waals surface area contributed by atoms with E-state index in [2.05, 4.69) is 16.7 Å². The van der Waals surface area contributed by atoms with Gasteiger partial charge in [0.25, 0.3) is 0 Å². The first kappa shape index (κ1) is 14.4. The molecule has 106 valence electrons. The van der Waals surface area contributed by atoms with Crippen molar-refractivity contribution in [2.45, 2.75) is 32.5 Å². The number of halogens is 1. The van der Waals surface area contributed by atoms with Crippen LogP contribution in [-0.2, 0) is 6.54 Å². The van der Waals surface area contributed by atoms with Crippen molar-refractivity contribution >= 4 is 0 Å². The van der Waals surface area contributed by atoms with E-state index in [-0.39, 0.29) is 11.9 Å². The number of β-amino-alcohol motifs (C(OH)–C–C–N with tert-alkyl or cyclic N) is 1. The van der Waals surface area contributed by atoms with Gasteiger partial charge in [0.05, 0.1) is 6.10 Å². The second-order valence-electron chi connectivity index (χ2n) is 5.56. The molecule has 1 aromatic rings. The highest BCUT2D eigenvalue weighted by Crippen LogP contribution is 2.14. The molecule has 1 N–H and O–H groups in total. The van der Waals surface area contributed by atoms with Crippen LogP contribution in [0.2, 0.25) is 0 Å². The van der Waals surface area contributed by atoms with Crippen molar-refractivity contribution in [3.05, 3.63) is 35.6 Å². The summed E-state index contributed by atoms with van der Waals surface area (Å²) < 4.78 is 13.1. The van der Waals surface area contributed by atoms with Crippen LogP contribution in [0.1, 0.15) is 19.4 Å². The summed E-state index contributed by atoms with van der Waals surface area (Å²) in [6.07, 6.45) is -0.280. The summed E-state index contributed by atoms with van der Waals surface area (Å²) in [4.78, 5) is 4.66. The van der Waals surface area contributed by atoms with Crippen LogP contribution in [0.5, 0.6) is 0 Å². The van der Waals surface area contributed by atoms with Crippen molar-refractivity contribution in [1.29, 1.82) is 0 Å². The zero-order chi connectivity index (χ0) is 13.8. The maximum atomic E-state index is 13.1. The monoisotopic (exact) mass is 266 g/mol. The molecule has 1 aliphatic heterocycles. The summed E-state index contributed by atoms with van der Waals surface area (Å²) in [5.74, 6) is -0.168. The predicted molar refractivity (Wildman–Crippen MR) is 74.4 cm³/mol. The first-order valence-electron chi connectivity index (χ1n) is 6.93. The first-order chi connectivity index (χ1) is 9.04. The second kappa shape index (κ2) is 6.46. The third-order valence-corrected chi connectivity index (χ3v) is 3.64. The van der Waals surface area contributed by atoms with Crippen molar-refractivity contribution in [3.8, 4) is 0 Å². The molecular weight excluding hydrogens is 243 g/mol. The zero-order valence-electron chi connectivity index (χ0n) is 11.7. The van der Waals surface area contributed by atoms with Gasteiger partial charge in [-0.3, -0.25) is 9.80 Å². The van der Waals surface area contributed by atoms with E-state index in [0.29, 0.717) is 6.04 Å². The molecule has 2 rings (SSSR count). The Balaban J connectivity index is 1.88. The van der Waals surface area contributed by atoms with Crippen molar-refractivity contribution in [2.24, 2.45) is 0 Å². The number of piperazine rings is 1. The standard InChI is InChI=1S/C15H23FN2O/c1-12-9-17(6-7-18(12)10-13(2)19)11-14-4-3-5-15(16)8-14/h3-5,8,12-13,19H,6-7,9-11H2,1-2H3/t12-,13-/m0/s1. The molecule has 0 unspecified atom stereocenters. The van der Waals surface area contributed by atoms with Gasteiger partial charge in [-0.15, -0.1) is 0 Å². The molecule has 1 aliphatic rings. The molecule has 19 heavy (non-hydrogen) atoms. The molecule has 1 heterocycles. The molecule has 0 aromatic heterocycles. The molecule has 0 aliphatic carbocycles. The second-order valence-corrected chi connectivity index (χ2v) is 5.56. The Morgan fingerprint density at radius 2 is 2.21 bits per heavy atom. The molecule has 0 spiro atoms. The highest BCUT2D eigenvalue weighted by atomic mass is 19.1. The van der Waals surface area contributed by atoms with Crippen LogP contribution in [-0.4, -0.2) is 53.2 Å². The highest BCUT2D eigenvalue weighted by molar-refractivity contribution is 5.16. The van der Waals surface area contributed by atoms with Gasteiger partial charge in [-0.25, -0.2) is 4.39 Å². The van der Waals surface area contributed by atoms with Gasteiger partial charge in [-0.05, 0) is 31.5 Å². The zero-order valence-corrected chi connectivity index (χ0v) is 11.7. The fourth-order valence-corrected chi connectivity index (χ4v) is 2.72. The average molecular weight is 266 g/mol. The summed E-state index contributed by atoms with van der Waals surface area (Å²) >= 11 is 0. The Morgan fingerprint density at radius 3 is 2.84 bits per heavy atom. The van der Waals surface area contributed by atoms with Gasteiger partial charge in [-0.1, -0.05) is 12.1 Å². The van der Waals surface area contributed by atoms with Gasteiger partial charge < -0.3 is 5.11 Å². The lowest BCUT2D eigenvalue weighted by Crippen LogP contribution is -2.53. The van der Waals surface area contributed by atoms with Crippen LogP contribution < -0.4 is 0 Å². The van der Waals surface area contributed by atoms with Gasteiger partial charge in [0, 0.05) is 38.8 Å². The average Bonchev–Trinajstić information content (AvgIpc) is 2.32. The van der Waals surface area contributed by atoms with Crippen LogP contribution in [0.15, 0.2) is 24.3 Å². The van der Waals surface area contributed by atoms with Crippen molar-refractivity contribution in [1.82, 2.24) is 9.80 Å². The minimum absolute atomic E-state index is 0.168. The molecule has 3 nitrogen and oxygen atoms in total. The van der Waals surface area contributed by atoms with Crippen molar-refractivity contribution in [3.63, 3.8) is 0 Å². The Labute approximate surface area is 114 Å². The number of hydrogen-bond acceptors (Lipinski definition) is 3. The van der Waals surface area contributed by atoms with Gasteiger partial charge in [0.15, 0.2) is 0 Å². The Bertz CT molecular complexity index is 411. The maximum Gasteiger partial charge on any atom is 0.123 e. The maximum absolute atomic E-state index is 13.1. The largest absolute Gasteiger partial charge is 0.392 e. The molecular formula is C15H23FN2O. The summed E-state index contributed by atoms with van der Waals surface area (Å²) in [6.45, 7) is 8.42. The van der Waals surface area contributed by atoms with Crippen molar-refractivity contribution < 1.29 is 9.50 Å². The molecule has 1 aromatic carbocycles. The minimum atomic E-state index is -0.280. The number of hydrogen-bond donors (Lipinski definition) is 1. The van der Waals surface area contributed by atoms with Gasteiger partial charge in [0.2, 0.25) is 0 Å². The van der Waals surface area contributed by atoms with Crippen LogP contribution in [0.3, 0.4) is 0 Å². The molecule has 4 heteroatoms. The van der Waals surface area contributed by atoms with Gasteiger partial charge in [0.1, 0.15) is 5.82 Å². The number of nitrogens with zero attached hydrogens (tertiary/aromatic N) is 2. The normalized spacial score (nSPS) is 23.5. The highest BCUT2D eigenvalue weighted by Gasteiger charge is 2.24. The summed E-state index contributed by atoms with van der Waals surface area (Å²) in [5.41, 5.74) is 1.02. The summed E-state index contributed by atoms with van der Waals surface area (Å²) in [5, 5.41) is 9.46. The minimum Gasteiger partial charge on any atom is -0.392 e. The molecule has 0 radical (unpaired) electrons. The Hall–Kier alpha value is -0.970. The molecule has 0 amide bonds. The summed E-state index contributed by atoms with van der Waals surface area (Å²) in [7, 11) is 0. The van der Waals surface area contributed by atoms with Gasteiger partial charge >= 0.3 is 0 Å². The van der Waals surface area contributed by atoms with E-state index in [4.69, 9.17) is 0 Å². The number of aliphatic hydroxyl groups excluding tert-OH is 1. The lowest BCUT2D eigenvalue weighted by atomic mass is 10.1. The fraction of sp³-hybridized carbons (Fsp3) is 0.600. The molecule has 2 atom stereocenters. The Morgan fingerprint density at radius 1 is 1.42 bits per heavy atom. The van der Waals surface area contributed by atoms with Crippen LogP contribution >= 0.6 is 0 Å². The Kier molecular flexibility index (Phi) is 4.91. The van der Waals surface area contributed by atoms with Crippen LogP contribution in [0, 0.1) is 5.82 Å². The number of benzene rings is 1. The van der Waals surface area contributed by atoms with Gasteiger partial charge in [-0.2, -0.15) is 0 Å². The van der Waals surface area contributed by atoms with Crippen LogP contribution in [0.25, 0.3) is 0 Å². The van der Waals surface area contributed by atoms with E-state index >= 15 is 0 Å². The van der Waals surface area contributed by atoms with E-state index in [1.807, 2.05) is 13.0 Å². The first-order valence-corrected chi connectivity index (χ1v) is 6.93. The van der Waals surface area contributed by atoms with E-state index in [1.165, 1.54) is 6.07 Å². The predicted octanol–water partition coefficient (Wildman–Crippen LogP) is 1.71. The summed E-state index contributed by atoms with van der Waals surface area (Å²) in [6, 6.07) is 7.24.